The second-order valence-corrected chi connectivity index (χ2v) is 7.09. The van der Waals surface area contributed by atoms with Crippen LogP contribution in [0.15, 0.2) is 18.2 Å². The average Bonchev–Trinajstić information content (AvgIpc) is 2.93. The zero-order chi connectivity index (χ0) is 14.5. The Morgan fingerprint density at radius 1 is 1.26 bits per heavy atom. The van der Waals surface area contributed by atoms with Gasteiger partial charge in [-0.15, -0.1) is 0 Å². The predicted molar refractivity (Wildman–Crippen MR) is 68.7 cm³/mol. The number of ether oxygens (including phenoxy) is 1. The summed E-state index contributed by atoms with van der Waals surface area (Å²) in [5.74, 6) is 0. The van der Waals surface area contributed by atoms with E-state index in [0.29, 0.717) is 0 Å². The highest BCUT2D eigenvalue weighted by Crippen LogP contribution is 2.53. The van der Waals surface area contributed by atoms with Gasteiger partial charge in [-0.2, -0.15) is 13.2 Å². The van der Waals surface area contributed by atoms with Crippen LogP contribution in [0, 0.1) is 6.92 Å². The summed E-state index contributed by atoms with van der Waals surface area (Å²) in [7, 11) is 0. The molecule has 1 fully saturated rings. The molecule has 7 heteroatoms. The molecule has 19 heavy (non-hydrogen) atoms. The highest BCUT2D eigenvalue weighted by atomic mass is 35.6. The second-order valence-electron chi connectivity index (χ2n) is 4.57. The highest BCUT2D eigenvalue weighted by Gasteiger charge is 2.54. The molecular formula is C12H10Cl3F3O. The van der Waals surface area contributed by atoms with Crippen LogP contribution in [-0.4, -0.2) is 10.4 Å². The highest BCUT2D eigenvalue weighted by molar-refractivity contribution is 6.67. The van der Waals surface area contributed by atoms with E-state index in [1.165, 1.54) is 19.1 Å². The first kappa shape index (κ1) is 15.2. The lowest BCUT2D eigenvalue weighted by Gasteiger charge is -2.23. The van der Waals surface area contributed by atoms with E-state index < -0.39 is 21.1 Å². The largest absolute Gasteiger partial charge is 0.417 e. The van der Waals surface area contributed by atoms with Gasteiger partial charge >= 0.3 is 6.18 Å². The van der Waals surface area contributed by atoms with Crippen LogP contribution in [0.3, 0.4) is 0 Å². The third-order valence-electron chi connectivity index (χ3n) is 3.03. The lowest BCUT2D eigenvalue weighted by atomic mass is 9.89. The number of hydrogen-bond donors (Lipinski definition) is 0. The van der Waals surface area contributed by atoms with Crippen molar-refractivity contribution in [3.63, 3.8) is 0 Å². The van der Waals surface area contributed by atoms with E-state index >= 15 is 0 Å². The van der Waals surface area contributed by atoms with Crippen LogP contribution < -0.4 is 0 Å². The van der Waals surface area contributed by atoms with Crippen LogP contribution >= 0.6 is 34.8 Å². The van der Waals surface area contributed by atoms with Gasteiger partial charge in [0, 0.05) is 6.42 Å². The molecule has 1 unspecified atom stereocenters. The summed E-state index contributed by atoms with van der Waals surface area (Å²) in [6.45, 7) is 1.52. The molecular weight excluding hydrogens is 323 g/mol. The van der Waals surface area contributed by atoms with Crippen molar-refractivity contribution in [1.82, 2.24) is 0 Å². The Kier molecular flexibility index (Phi) is 3.76. The topological polar surface area (TPSA) is 12.5 Å². The second kappa shape index (κ2) is 4.69. The summed E-state index contributed by atoms with van der Waals surface area (Å²) in [6, 6.07) is 4.32. The normalized spacial score (nSPS) is 23.5. The number of benzene rings is 1. The molecule has 0 spiro atoms. The molecule has 2 rings (SSSR count). The number of alkyl halides is 6. The first-order valence-corrected chi connectivity index (χ1v) is 6.57. The van der Waals surface area contributed by atoms with E-state index in [-0.39, 0.29) is 24.2 Å². The predicted octanol–water partition coefficient (Wildman–Crippen LogP) is 5.00. The van der Waals surface area contributed by atoms with Crippen molar-refractivity contribution >= 4 is 34.8 Å². The third-order valence-corrected chi connectivity index (χ3v) is 3.43. The standard InChI is InChI=1S/C12H10Cl3F3O/c1-7-3-2-4-8(9(7)12(16,17)18)10(6-19-10)5-11(13,14)15/h2-4H,5-6H2,1H3. The Morgan fingerprint density at radius 2 is 1.84 bits per heavy atom. The van der Waals surface area contributed by atoms with Gasteiger partial charge < -0.3 is 4.74 Å². The molecule has 1 aromatic carbocycles. The molecule has 0 radical (unpaired) electrons. The minimum atomic E-state index is -4.47. The van der Waals surface area contributed by atoms with Crippen LogP contribution in [0.5, 0.6) is 0 Å². The minimum absolute atomic E-state index is 0.0336. The number of hydrogen-bond acceptors (Lipinski definition) is 1. The zero-order valence-electron chi connectivity index (χ0n) is 9.82. The first-order chi connectivity index (χ1) is 8.55. The van der Waals surface area contributed by atoms with Crippen LogP contribution in [-0.2, 0) is 16.5 Å². The van der Waals surface area contributed by atoms with E-state index in [1.807, 2.05) is 0 Å². The maximum absolute atomic E-state index is 13.1. The molecule has 1 aliphatic heterocycles. The van der Waals surface area contributed by atoms with E-state index in [4.69, 9.17) is 39.5 Å². The van der Waals surface area contributed by atoms with Crippen molar-refractivity contribution in [3.8, 4) is 0 Å². The summed E-state index contributed by atoms with van der Waals surface area (Å²) in [4.78, 5) is 0. The molecule has 0 bridgehead atoms. The van der Waals surface area contributed by atoms with Gasteiger partial charge in [0.25, 0.3) is 0 Å². The summed E-state index contributed by atoms with van der Waals surface area (Å²) >= 11 is 17.1. The molecule has 106 valence electrons. The fourth-order valence-corrected chi connectivity index (χ4v) is 2.83. The number of halogens is 6. The fourth-order valence-electron chi connectivity index (χ4n) is 2.19. The summed E-state index contributed by atoms with van der Waals surface area (Å²) in [5, 5.41) is 0. The van der Waals surface area contributed by atoms with Gasteiger partial charge in [-0.05, 0) is 18.1 Å². The number of epoxide rings is 1. The van der Waals surface area contributed by atoms with E-state index in [9.17, 15) is 13.2 Å². The number of rotatable bonds is 2. The Hall–Kier alpha value is -0.160. The quantitative estimate of drug-likeness (QED) is 0.548. The molecule has 1 aromatic rings. The maximum atomic E-state index is 13.1. The van der Waals surface area contributed by atoms with Crippen LogP contribution in [0.25, 0.3) is 0 Å². The molecule has 0 N–H and O–H groups in total. The Balaban J connectivity index is 2.49. The first-order valence-electron chi connectivity index (χ1n) is 5.43. The van der Waals surface area contributed by atoms with Gasteiger partial charge in [-0.1, -0.05) is 53.0 Å². The number of aryl methyl sites for hydroxylation is 1. The van der Waals surface area contributed by atoms with E-state index in [0.717, 1.165) is 0 Å². The van der Waals surface area contributed by atoms with Crippen molar-refractivity contribution in [2.45, 2.75) is 28.9 Å². The van der Waals surface area contributed by atoms with Crippen LogP contribution in [0.2, 0.25) is 0 Å². The zero-order valence-corrected chi connectivity index (χ0v) is 12.1. The SMILES string of the molecule is Cc1cccc(C2(CC(Cl)(Cl)Cl)CO2)c1C(F)(F)F. The molecule has 1 aliphatic rings. The van der Waals surface area contributed by atoms with Gasteiger partial charge in [0.05, 0.1) is 12.2 Å². The molecule has 0 saturated carbocycles. The lowest BCUT2D eigenvalue weighted by molar-refractivity contribution is -0.139. The van der Waals surface area contributed by atoms with Crippen LogP contribution in [0.4, 0.5) is 13.2 Å². The maximum Gasteiger partial charge on any atom is 0.417 e. The van der Waals surface area contributed by atoms with E-state index in [1.54, 1.807) is 6.07 Å². The Bertz CT molecular complexity index is 490. The molecule has 0 aliphatic carbocycles. The lowest BCUT2D eigenvalue weighted by Crippen LogP contribution is -2.23. The molecule has 1 nitrogen and oxygen atoms in total. The van der Waals surface area contributed by atoms with Gasteiger partial charge in [-0.25, -0.2) is 0 Å². The minimum Gasteiger partial charge on any atom is -0.364 e. The average molecular weight is 334 g/mol. The van der Waals surface area contributed by atoms with Crippen molar-refractivity contribution in [2.75, 3.05) is 6.61 Å². The summed E-state index contributed by atoms with van der Waals surface area (Å²) in [6.07, 6.45) is -4.58. The third kappa shape index (κ3) is 3.30. The van der Waals surface area contributed by atoms with E-state index in [2.05, 4.69) is 0 Å². The molecule has 1 saturated heterocycles. The summed E-state index contributed by atoms with van der Waals surface area (Å²) in [5.41, 5.74) is -1.69. The van der Waals surface area contributed by atoms with Crippen molar-refractivity contribution in [1.29, 1.82) is 0 Å². The smallest absolute Gasteiger partial charge is 0.364 e. The molecule has 1 atom stereocenters. The van der Waals surface area contributed by atoms with Gasteiger partial charge in [0.1, 0.15) is 5.60 Å². The molecule has 0 amide bonds. The van der Waals surface area contributed by atoms with Gasteiger partial charge in [0.15, 0.2) is 3.79 Å². The Labute approximate surface area is 123 Å². The monoisotopic (exact) mass is 332 g/mol. The van der Waals surface area contributed by atoms with Gasteiger partial charge in [-0.3, -0.25) is 0 Å². The van der Waals surface area contributed by atoms with Crippen molar-refractivity contribution in [2.24, 2.45) is 0 Å². The molecule has 0 aromatic heterocycles. The Morgan fingerprint density at radius 3 is 2.26 bits per heavy atom. The van der Waals surface area contributed by atoms with Gasteiger partial charge in [0.2, 0.25) is 0 Å². The molecule has 1 heterocycles. The summed E-state index contributed by atoms with van der Waals surface area (Å²) < 4.78 is 43.0. The van der Waals surface area contributed by atoms with Crippen molar-refractivity contribution < 1.29 is 17.9 Å². The fraction of sp³-hybridized carbons (Fsp3) is 0.500. The van der Waals surface area contributed by atoms with Crippen LogP contribution in [0.1, 0.15) is 23.1 Å². The van der Waals surface area contributed by atoms with Crippen molar-refractivity contribution in [3.05, 3.63) is 34.9 Å².